The maximum atomic E-state index is 8.56. The van der Waals surface area contributed by atoms with Crippen LogP contribution >= 0.6 is 11.6 Å². The van der Waals surface area contributed by atoms with Gasteiger partial charge in [0.05, 0.1) is 20.6 Å². The Bertz CT molecular complexity index is 93.6. The molecular formula is C7H17ClNO+. The van der Waals surface area contributed by atoms with Crippen molar-refractivity contribution >= 4 is 11.6 Å². The molecule has 0 aromatic carbocycles. The number of aliphatic hydroxyl groups excluding tert-OH is 1. The Balaban J connectivity index is 3.63. The largest absolute Gasteiger partial charge is 0.396 e. The minimum absolute atomic E-state index is 0.117. The van der Waals surface area contributed by atoms with E-state index in [1.165, 1.54) is 0 Å². The van der Waals surface area contributed by atoms with E-state index in [9.17, 15) is 0 Å². The molecule has 0 amide bonds. The first-order valence-electron chi connectivity index (χ1n) is 3.58. The summed E-state index contributed by atoms with van der Waals surface area (Å²) in [5.41, 5.74) is 0.117. The molecule has 1 unspecified atom stereocenters. The molecule has 0 aliphatic rings. The van der Waals surface area contributed by atoms with Gasteiger partial charge in [0, 0.05) is 20.0 Å². The molecule has 0 bridgehead atoms. The summed E-state index contributed by atoms with van der Waals surface area (Å²) in [6.45, 7) is 3.16. The summed E-state index contributed by atoms with van der Waals surface area (Å²) in [7, 11) is 4.13. The smallest absolute Gasteiger partial charge is 0.161 e. The summed E-state index contributed by atoms with van der Waals surface area (Å²) in [6.07, 6.45) is 0.823. The van der Waals surface area contributed by atoms with Crippen LogP contribution in [-0.4, -0.2) is 42.3 Å². The molecule has 0 saturated carbocycles. The Morgan fingerprint density at radius 1 is 1.50 bits per heavy atom. The van der Waals surface area contributed by atoms with E-state index >= 15 is 0 Å². The third-order valence-electron chi connectivity index (χ3n) is 1.86. The van der Waals surface area contributed by atoms with E-state index in [2.05, 4.69) is 14.1 Å². The molecule has 1 N–H and O–H groups in total. The Labute approximate surface area is 68.0 Å². The zero-order valence-electron chi connectivity index (χ0n) is 6.97. The Hall–Kier alpha value is 0.210. The van der Waals surface area contributed by atoms with Crippen LogP contribution in [0.2, 0.25) is 0 Å². The van der Waals surface area contributed by atoms with Gasteiger partial charge >= 0.3 is 0 Å². The number of hydrogen-bond donors (Lipinski definition) is 1. The van der Waals surface area contributed by atoms with Crippen molar-refractivity contribution in [2.75, 3.05) is 27.2 Å². The van der Waals surface area contributed by atoms with Crippen LogP contribution in [0.25, 0.3) is 0 Å². The zero-order valence-corrected chi connectivity index (χ0v) is 7.73. The van der Waals surface area contributed by atoms with Gasteiger partial charge in [-0.2, -0.15) is 0 Å². The van der Waals surface area contributed by atoms with Crippen molar-refractivity contribution < 1.29 is 9.59 Å². The standard InChI is InChI=1S/C7H17ClNO/c1-7(8)9(2,3)5-4-6-10/h7,10H,4-6H2,1-3H3/q+1. The molecular weight excluding hydrogens is 150 g/mol. The molecule has 0 rings (SSSR count). The molecule has 0 saturated heterocycles. The van der Waals surface area contributed by atoms with Gasteiger partial charge < -0.3 is 9.59 Å². The highest BCUT2D eigenvalue weighted by molar-refractivity contribution is 6.19. The molecule has 0 aromatic rings. The van der Waals surface area contributed by atoms with E-state index in [0.717, 1.165) is 17.4 Å². The number of hydrogen-bond acceptors (Lipinski definition) is 1. The van der Waals surface area contributed by atoms with Crippen LogP contribution in [0.15, 0.2) is 0 Å². The first-order chi connectivity index (χ1) is 4.50. The summed E-state index contributed by atoms with van der Waals surface area (Å²) in [5, 5.41) is 8.56. The molecule has 0 aromatic heterocycles. The summed E-state index contributed by atoms with van der Waals surface area (Å²) in [5.74, 6) is 0. The second-order valence-electron chi connectivity index (χ2n) is 3.15. The molecule has 2 nitrogen and oxygen atoms in total. The lowest BCUT2D eigenvalue weighted by molar-refractivity contribution is -0.900. The predicted octanol–water partition coefficient (Wildman–Crippen LogP) is 1.03. The summed E-state index contributed by atoms with van der Waals surface area (Å²) in [4.78, 5) is 0. The van der Waals surface area contributed by atoms with E-state index in [0.29, 0.717) is 0 Å². The van der Waals surface area contributed by atoms with Crippen LogP contribution in [0.4, 0.5) is 0 Å². The highest BCUT2D eigenvalue weighted by Crippen LogP contribution is 2.10. The number of aliphatic hydroxyl groups is 1. The Morgan fingerprint density at radius 2 is 2.00 bits per heavy atom. The molecule has 0 radical (unpaired) electrons. The molecule has 0 fully saturated rings. The molecule has 0 aliphatic carbocycles. The van der Waals surface area contributed by atoms with Gasteiger partial charge in [0.25, 0.3) is 0 Å². The Kier molecular flexibility index (Phi) is 4.25. The molecule has 0 aliphatic heterocycles. The van der Waals surface area contributed by atoms with Crippen LogP contribution in [0.3, 0.4) is 0 Å². The number of nitrogens with zero attached hydrogens (tertiary/aromatic N) is 1. The number of rotatable bonds is 4. The fourth-order valence-electron chi connectivity index (χ4n) is 0.656. The normalized spacial score (nSPS) is 15.3. The SMILES string of the molecule is CC(Cl)[N+](C)(C)CCCO. The topological polar surface area (TPSA) is 20.2 Å². The van der Waals surface area contributed by atoms with Gasteiger partial charge in [-0.1, -0.05) is 11.6 Å². The summed E-state index contributed by atoms with van der Waals surface area (Å²) >= 11 is 5.90. The third kappa shape index (κ3) is 3.40. The monoisotopic (exact) mass is 166 g/mol. The average molecular weight is 167 g/mol. The molecule has 3 heteroatoms. The van der Waals surface area contributed by atoms with Gasteiger partial charge in [-0.25, -0.2) is 0 Å². The van der Waals surface area contributed by atoms with E-state index in [1.54, 1.807) is 0 Å². The van der Waals surface area contributed by atoms with E-state index < -0.39 is 0 Å². The van der Waals surface area contributed by atoms with Gasteiger partial charge in [0.1, 0.15) is 0 Å². The van der Waals surface area contributed by atoms with Gasteiger partial charge in [0.15, 0.2) is 5.50 Å². The fourth-order valence-corrected chi connectivity index (χ4v) is 0.754. The van der Waals surface area contributed by atoms with Crippen molar-refractivity contribution in [3.63, 3.8) is 0 Å². The molecule has 10 heavy (non-hydrogen) atoms. The maximum Gasteiger partial charge on any atom is 0.161 e. The lowest BCUT2D eigenvalue weighted by atomic mass is 10.3. The van der Waals surface area contributed by atoms with Crippen molar-refractivity contribution in [3.05, 3.63) is 0 Å². The lowest BCUT2D eigenvalue weighted by Gasteiger charge is -2.32. The van der Waals surface area contributed by atoms with Crippen LogP contribution < -0.4 is 0 Å². The molecule has 1 atom stereocenters. The van der Waals surface area contributed by atoms with Crippen LogP contribution in [0.1, 0.15) is 13.3 Å². The van der Waals surface area contributed by atoms with Gasteiger partial charge in [-0.15, -0.1) is 0 Å². The summed E-state index contributed by atoms with van der Waals surface area (Å²) in [6, 6.07) is 0. The second kappa shape index (κ2) is 4.16. The number of alkyl halides is 1. The first kappa shape index (κ1) is 10.2. The summed E-state index contributed by atoms with van der Waals surface area (Å²) < 4.78 is 0.766. The van der Waals surface area contributed by atoms with Crippen molar-refractivity contribution in [1.29, 1.82) is 0 Å². The number of quaternary nitrogens is 1. The van der Waals surface area contributed by atoms with Gasteiger partial charge in [0.2, 0.25) is 0 Å². The first-order valence-corrected chi connectivity index (χ1v) is 4.02. The number of halogens is 1. The molecule has 0 heterocycles. The zero-order chi connectivity index (χ0) is 8.20. The van der Waals surface area contributed by atoms with E-state index in [-0.39, 0.29) is 12.1 Å². The third-order valence-corrected chi connectivity index (χ3v) is 2.38. The van der Waals surface area contributed by atoms with Crippen molar-refractivity contribution in [3.8, 4) is 0 Å². The van der Waals surface area contributed by atoms with E-state index in [4.69, 9.17) is 16.7 Å². The van der Waals surface area contributed by atoms with Crippen molar-refractivity contribution in [2.45, 2.75) is 18.8 Å². The van der Waals surface area contributed by atoms with Crippen LogP contribution in [-0.2, 0) is 0 Å². The Morgan fingerprint density at radius 3 is 2.30 bits per heavy atom. The predicted molar refractivity (Wildman–Crippen MR) is 44.0 cm³/mol. The quantitative estimate of drug-likeness (QED) is 0.376. The highest BCUT2D eigenvalue weighted by Gasteiger charge is 2.19. The van der Waals surface area contributed by atoms with Crippen molar-refractivity contribution in [1.82, 2.24) is 0 Å². The second-order valence-corrected chi connectivity index (χ2v) is 3.79. The average Bonchev–Trinajstić information content (AvgIpc) is 1.84. The van der Waals surface area contributed by atoms with E-state index in [1.807, 2.05) is 6.92 Å². The fraction of sp³-hybridized carbons (Fsp3) is 1.00. The van der Waals surface area contributed by atoms with Crippen LogP contribution in [0.5, 0.6) is 0 Å². The van der Waals surface area contributed by atoms with Gasteiger partial charge in [-0.3, -0.25) is 0 Å². The molecule has 62 valence electrons. The molecule has 0 spiro atoms. The van der Waals surface area contributed by atoms with Crippen molar-refractivity contribution in [2.24, 2.45) is 0 Å². The minimum Gasteiger partial charge on any atom is -0.396 e. The lowest BCUT2D eigenvalue weighted by Crippen LogP contribution is -2.45. The maximum absolute atomic E-state index is 8.56. The minimum atomic E-state index is 0.117. The van der Waals surface area contributed by atoms with Gasteiger partial charge in [-0.05, 0) is 0 Å². The highest BCUT2D eigenvalue weighted by atomic mass is 35.5. The van der Waals surface area contributed by atoms with Crippen LogP contribution in [0, 0.1) is 0 Å².